The van der Waals surface area contributed by atoms with E-state index in [1.54, 1.807) is 0 Å². The quantitative estimate of drug-likeness (QED) is 0.689. The lowest BCUT2D eigenvalue weighted by atomic mass is 10.0. The van der Waals surface area contributed by atoms with Crippen molar-refractivity contribution in [2.24, 2.45) is 0 Å². The van der Waals surface area contributed by atoms with Crippen LogP contribution in [-0.2, 0) is 9.53 Å². The zero-order valence-electron chi connectivity index (χ0n) is 18.1. The first-order valence-electron chi connectivity index (χ1n) is 11.0. The molecule has 6 heteroatoms. The molecule has 2 aromatic carbocycles. The van der Waals surface area contributed by atoms with E-state index in [1.165, 1.54) is 0 Å². The lowest BCUT2D eigenvalue weighted by molar-refractivity contribution is -0.121. The standard InChI is InChI=1S/C24H33N3O3/c1-3-19(2)27(13-11-23(28)25-12-14-26-15-17-30-18-16-26)24(29)22-10-6-8-20-7-4-5-9-21(20)22/h4-10,19H,3,11-18H2,1-2H3,(H,25,28). The summed E-state index contributed by atoms with van der Waals surface area (Å²) in [6.07, 6.45) is 1.15. The van der Waals surface area contributed by atoms with Crippen molar-refractivity contribution in [3.05, 3.63) is 48.0 Å². The predicted octanol–water partition coefficient (Wildman–Crippen LogP) is 2.92. The van der Waals surface area contributed by atoms with E-state index in [0.717, 1.165) is 50.0 Å². The van der Waals surface area contributed by atoms with E-state index in [9.17, 15) is 9.59 Å². The van der Waals surface area contributed by atoms with Crippen LogP contribution in [0.4, 0.5) is 0 Å². The zero-order chi connectivity index (χ0) is 21.3. The Morgan fingerprint density at radius 1 is 1.13 bits per heavy atom. The minimum Gasteiger partial charge on any atom is -0.379 e. The van der Waals surface area contributed by atoms with Gasteiger partial charge in [0.1, 0.15) is 0 Å². The van der Waals surface area contributed by atoms with Crippen molar-refractivity contribution >= 4 is 22.6 Å². The second-order valence-corrected chi connectivity index (χ2v) is 7.84. The molecule has 1 unspecified atom stereocenters. The van der Waals surface area contributed by atoms with Gasteiger partial charge in [-0.15, -0.1) is 0 Å². The smallest absolute Gasteiger partial charge is 0.254 e. The third-order valence-electron chi connectivity index (χ3n) is 5.84. The molecule has 1 saturated heterocycles. The van der Waals surface area contributed by atoms with Gasteiger partial charge in [0.05, 0.1) is 13.2 Å². The van der Waals surface area contributed by atoms with Gasteiger partial charge >= 0.3 is 0 Å². The number of fused-ring (bicyclic) bond motifs is 1. The summed E-state index contributed by atoms with van der Waals surface area (Å²) in [6, 6.07) is 13.8. The number of benzene rings is 2. The fourth-order valence-electron chi connectivity index (χ4n) is 3.80. The Morgan fingerprint density at radius 3 is 2.63 bits per heavy atom. The van der Waals surface area contributed by atoms with E-state index in [1.807, 2.05) is 54.3 Å². The van der Waals surface area contributed by atoms with E-state index in [0.29, 0.717) is 25.1 Å². The molecule has 2 amide bonds. The number of morpholine rings is 1. The first kappa shape index (κ1) is 22.2. The van der Waals surface area contributed by atoms with Gasteiger partial charge in [-0.3, -0.25) is 14.5 Å². The van der Waals surface area contributed by atoms with Gasteiger partial charge in [0.25, 0.3) is 5.91 Å². The van der Waals surface area contributed by atoms with Gasteiger partial charge in [0.2, 0.25) is 5.91 Å². The van der Waals surface area contributed by atoms with Gasteiger partial charge in [-0.25, -0.2) is 0 Å². The Bertz CT molecular complexity index is 843. The largest absolute Gasteiger partial charge is 0.379 e. The van der Waals surface area contributed by atoms with Crippen LogP contribution in [0.15, 0.2) is 42.5 Å². The average Bonchev–Trinajstić information content (AvgIpc) is 2.79. The average molecular weight is 412 g/mol. The second kappa shape index (κ2) is 11.1. The molecular formula is C24H33N3O3. The number of hydrogen-bond acceptors (Lipinski definition) is 4. The molecule has 0 bridgehead atoms. The van der Waals surface area contributed by atoms with Crippen LogP contribution in [0, 0.1) is 0 Å². The number of hydrogen-bond donors (Lipinski definition) is 1. The number of amides is 2. The normalized spacial score (nSPS) is 15.7. The summed E-state index contributed by atoms with van der Waals surface area (Å²) in [5, 5.41) is 4.99. The van der Waals surface area contributed by atoms with Crippen LogP contribution in [0.5, 0.6) is 0 Å². The van der Waals surface area contributed by atoms with Crippen LogP contribution in [-0.4, -0.2) is 73.6 Å². The molecule has 1 aliphatic heterocycles. The number of rotatable bonds is 9. The summed E-state index contributed by atoms with van der Waals surface area (Å²) < 4.78 is 5.34. The highest BCUT2D eigenvalue weighted by molar-refractivity contribution is 6.07. The molecule has 3 rings (SSSR count). The molecule has 1 atom stereocenters. The van der Waals surface area contributed by atoms with Crippen molar-refractivity contribution in [1.82, 2.24) is 15.1 Å². The number of nitrogens with one attached hydrogen (secondary N) is 1. The zero-order valence-corrected chi connectivity index (χ0v) is 18.1. The Labute approximate surface area is 179 Å². The fourth-order valence-corrected chi connectivity index (χ4v) is 3.80. The van der Waals surface area contributed by atoms with E-state index < -0.39 is 0 Å². The summed E-state index contributed by atoms with van der Waals surface area (Å²) in [4.78, 5) is 29.9. The van der Waals surface area contributed by atoms with E-state index in [2.05, 4.69) is 17.1 Å². The molecule has 6 nitrogen and oxygen atoms in total. The predicted molar refractivity (Wildman–Crippen MR) is 120 cm³/mol. The Kier molecular flexibility index (Phi) is 8.22. The molecule has 1 heterocycles. The maximum atomic E-state index is 13.4. The Morgan fingerprint density at radius 2 is 1.87 bits per heavy atom. The SMILES string of the molecule is CCC(C)N(CCC(=O)NCCN1CCOCC1)C(=O)c1cccc2ccccc12. The van der Waals surface area contributed by atoms with Crippen LogP contribution < -0.4 is 5.32 Å². The third-order valence-corrected chi connectivity index (χ3v) is 5.84. The number of carbonyl (C=O) groups excluding carboxylic acids is 2. The molecular weight excluding hydrogens is 378 g/mol. The Balaban J connectivity index is 1.58. The molecule has 162 valence electrons. The van der Waals surface area contributed by atoms with Gasteiger partial charge in [-0.05, 0) is 30.2 Å². The molecule has 0 spiro atoms. The van der Waals surface area contributed by atoms with Crippen LogP contribution in [0.25, 0.3) is 10.8 Å². The van der Waals surface area contributed by atoms with E-state index in [-0.39, 0.29) is 17.9 Å². The number of carbonyl (C=O) groups is 2. The van der Waals surface area contributed by atoms with Gasteiger partial charge < -0.3 is 15.0 Å². The molecule has 1 aliphatic rings. The topological polar surface area (TPSA) is 61.9 Å². The van der Waals surface area contributed by atoms with Crippen molar-refractivity contribution in [3.63, 3.8) is 0 Å². The van der Waals surface area contributed by atoms with Crippen molar-refractivity contribution < 1.29 is 14.3 Å². The molecule has 0 aromatic heterocycles. The molecule has 1 fully saturated rings. The van der Waals surface area contributed by atoms with Gasteiger partial charge in [0.15, 0.2) is 0 Å². The highest BCUT2D eigenvalue weighted by Gasteiger charge is 2.22. The lowest BCUT2D eigenvalue weighted by Gasteiger charge is -2.29. The molecule has 1 N–H and O–H groups in total. The molecule has 0 saturated carbocycles. The Hall–Kier alpha value is -2.44. The van der Waals surface area contributed by atoms with Gasteiger partial charge in [-0.2, -0.15) is 0 Å². The van der Waals surface area contributed by atoms with Crippen molar-refractivity contribution in [2.45, 2.75) is 32.7 Å². The van der Waals surface area contributed by atoms with E-state index >= 15 is 0 Å². The van der Waals surface area contributed by atoms with Crippen molar-refractivity contribution in [1.29, 1.82) is 0 Å². The van der Waals surface area contributed by atoms with Crippen LogP contribution in [0.1, 0.15) is 37.0 Å². The minimum absolute atomic E-state index is 0.0118. The first-order chi connectivity index (χ1) is 14.6. The monoisotopic (exact) mass is 411 g/mol. The highest BCUT2D eigenvalue weighted by Crippen LogP contribution is 2.21. The fraction of sp³-hybridized carbons (Fsp3) is 0.500. The molecule has 2 aromatic rings. The highest BCUT2D eigenvalue weighted by atomic mass is 16.5. The first-order valence-corrected chi connectivity index (χ1v) is 11.0. The number of ether oxygens (including phenoxy) is 1. The van der Waals surface area contributed by atoms with Crippen LogP contribution in [0.2, 0.25) is 0 Å². The summed E-state index contributed by atoms with van der Waals surface area (Å²) in [5.74, 6) is -0.0236. The van der Waals surface area contributed by atoms with Crippen LogP contribution in [0.3, 0.4) is 0 Å². The summed E-state index contributed by atoms with van der Waals surface area (Å²) >= 11 is 0. The second-order valence-electron chi connectivity index (χ2n) is 7.84. The molecule has 0 aliphatic carbocycles. The number of nitrogens with zero attached hydrogens (tertiary/aromatic N) is 2. The van der Waals surface area contributed by atoms with Gasteiger partial charge in [-0.1, -0.05) is 43.3 Å². The summed E-state index contributed by atoms with van der Waals surface area (Å²) in [7, 11) is 0. The van der Waals surface area contributed by atoms with Crippen molar-refractivity contribution in [2.75, 3.05) is 45.9 Å². The maximum Gasteiger partial charge on any atom is 0.254 e. The maximum absolute atomic E-state index is 13.4. The lowest BCUT2D eigenvalue weighted by Crippen LogP contribution is -2.43. The van der Waals surface area contributed by atoms with Crippen molar-refractivity contribution in [3.8, 4) is 0 Å². The summed E-state index contributed by atoms with van der Waals surface area (Å²) in [5.41, 5.74) is 0.695. The molecule has 0 radical (unpaired) electrons. The van der Waals surface area contributed by atoms with Gasteiger partial charge in [0, 0.05) is 50.7 Å². The molecule has 30 heavy (non-hydrogen) atoms. The summed E-state index contributed by atoms with van der Waals surface area (Å²) in [6.45, 7) is 9.32. The third kappa shape index (κ3) is 5.80. The minimum atomic E-state index is -0.0118. The van der Waals surface area contributed by atoms with Crippen LogP contribution >= 0.6 is 0 Å². The van der Waals surface area contributed by atoms with E-state index in [4.69, 9.17) is 4.74 Å².